The highest BCUT2D eigenvalue weighted by Gasteiger charge is 2.30. The van der Waals surface area contributed by atoms with Gasteiger partial charge in [0.25, 0.3) is 0 Å². The zero-order valence-corrected chi connectivity index (χ0v) is 67.1. The fourth-order valence-electron chi connectivity index (χ4n) is 9.60. The maximum absolute atomic E-state index is 13.1. The average molecular weight is 1520 g/mol. The van der Waals surface area contributed by atoms with Crippen molar-refractivity contribution in [2.75, 3.05) is 39.6 Å². The molecular weight excluding hydrogens is 1380 g/mol. The third-order valence-electron chi connectivity index (χ3n) is 15.5. The molecule has 3 N–H and O–H groups in total. The van der Waals surface area contributed by atoms with E-state index in [0.29, 0.717) is 38.5 Å². The number of unbranched alkanes of at least 4 members (excludes halogenated alkanes) is 14. The molecule has 0 aliphatic heterocycles. The predicted octanol–water partition coefficient (Wildman–Crippen LogP) is 23.3. The Hall–Kier alpha value is -6.10. The maximum Gasteiger partial charge on any atom is 0.472 e. The van der Waals surface area contributed by atoms with Crippen molar-refractivity contribution in [3.05, 3.63) is 194 Å². The van der Waals surface area contributed by atoms with Gasteiger partial charge >= 0.3 is 39.5 Å². The fourth-order valence-corrected chi connectivity index (χ4v) is 11.2. The standard InChI is InChI=1S/C87H138O17P2/c1-5-9-13-17-21-25-29-33-37-39-40-42-46-48-52-56-60-64-68-72-85(90)98-78-83(104-87(92)74-70-66-62-58-54-50-44-36-32-28-24-20-16-12-8-4)80-102-106(95,96)100-76-81(88)75-99-105(93,94)101-79-82(103-86(91)73-69-65-61-57-53-49-43-35-31-27-23-19-15-11-7-3)77-97-84(89)71-67-63-59-55-51-47-45-41-38-34-30-26-22-18-14-10-6-2/h9-11,13-15,21-28,33-38,40,42-45,47-48,52-53,55,57,59,81-83,88H,5-8,12,16-20,29-32,39,41,46,49-51,54,56,58,60-80H2,1-4H3,(H,93,94)(H,95,96)/b13-9-,14-10-,15-11-,25-21-,26-22-,27-23-,28-24-,37-33-,38-34-,42-40-,43-35-,44-36-,47-45-,52-48-,57-53-,59-55-. The quantitative estimate of drug-likeness (QED) is 0.0169. The summed E-state index contributed by atoms with van der Waals surface area (Å²) in [7, 11) is -10.0. The molecule has 0 radical (unpaired) electrons. The van der Waals surface area contributed by atoms with Crippen LogP contribution < -0.4 is 0 Å². The molecule has 598 valence electrons. The molecule has 5 atom stereocenters. The number of allylic oxidation sites excluding steroid dienone is 32. The van der Waals surface area contributed by atoms with E-state index in [2.05, 4.69) is 204 Å². The molecule has 5 unspecified atom stereocenters. The second-order valence-corrected chi connectivity index (χ2v) is 28.4. The Morgan fingerprint density at radius 1 is 0.274 bits per heavy atom. The Balaban J connectivity index is 5.51. The molecule has 19 heteroatoms. The van der Waals surface area contributed by atoms with E-state index < -0.39 is 97.5 Å². The molecule has 0 aromatic rings. The van der Waals surface area contributed by atoms with Gasteiger partial charge in [0.15, 0.2) is 12.2 Å². The molecule has 0 saturated carbocycles. The molecule has 0 spiro atoms. The Kier molecular flexibility index (Phi) is 72.6. The number of phosphoric acid groups is 2. The Morgan fingerprint density at radius 3 is 0.821 bits per heavy atom. The largest absolute Gasteiger partial charge is 0.472 e. The third kappa shape index (κ3) is 76.1. The summed E-state index contributed by atoms with van der Waals surface area (Å²) in [5.41, 5.74) is 0. The van der Waals surface area contributed by atoms with Crippen LogP contribution in [-0.2, 0) is 65.4 Å². The number of carbonyl (C=O) groups excluding carboxylic acids is 4. The van der Waals surface area contributed by atoms with E-state index >= 15 is 0 Å². The smallest absolute Gasteiger partial charge is 0.462 e. The van der Waals surface area contributed by atoms with Gasteiger partial charge in [0.2, 0.25) is 0 Å². The summed E-state index contributed by atoms with van der Waals surface area (Å²) in [6, 6.07) is 0. The van der Waals surface area contributed by atoms with Gasteiger partial charge in [-0.25, -0.2) is 9.13 Å². The topological polar surface area (TPSA) is 237 Å². The van der Waals surface area contributed by atoms with Gasteiger partial charge < -0.3 is 33.8 Å². The summed E-state index contributed by atoms with van der Waals surface area (Å²) in [6.45, 7) is 4.30. The minimum Gasteiger partial charge on any atom is -0.462 e. The summed E-state index contributed by atoms with van der Waals surface area (Å²) >= 11 is 0. The molecule has 0 rings (SSSR count). The van der Waals surface area contributed by atoms with Crippen molar-refractivity contribution in [2.24, 2.45) is 0 Å². The second-order valence-electron chi connectivity index (χ2n) is 25.5. The van der Waals surface area contributed by atoms with Gasteiger partial charge in [0, 0.05) is 25.7 Å². The summed E-state index contributed by atoms with van der Waals surface area (Å²) in [4.78, 5) is 73.0. The van der Waals surface area contributed by atoms with Crippen molar-refractivity contribution in [3.63, 3.8) is 0 Å². The predicted molar refractivity (Wildman–Crippen MR) is 436 cm³/mol. The van der Waals surface area contributed by atoms with E-state index in [1.165, 1.54) is 19.3 Å². The van der Waals surface area contributed by atoms with Crippen molar-refractivity contribution in [3.8, 4) is 0 Å². The lowest BCUT2D eigenvalue weighted by molar-refractivity contribution is -0.161. The van der Waals surface area contributed by atoms with E-state index in [4.69, 9.17) is 37.0 Å². The summed E-state index contributed by atoms with van der Waals surface area (Å²) in [5.74, 6) is -2.37. The van der Waals surface area contributed by atoms with Crippen LogP contribution in [0, 0.1) is 0 Å². The normalized spacial score (nSPS) is 14.9. The van der Waals surface area contributed by atoms with Gasteiger partial charge in [-0.3, -0.25) is 37.3 Å². The first-order chi connectivity index (χ1) is 51.7. The Morgan fingerprint density at radius 2 is 0.500 bits per heavy atom. The van der Waals surface area contributed by atoms with E-state index in [9.17, 15) is 43.2 Å². The first-order valence-corrected chi connectivity index (χ1v) is 42.7. The van der Waals surface area contributed by atoms with Gasteiger partial charge in [-0.05, 0) is 180 Å². The summed E-state index contributed by atoms with van der Waals surface area (Å²) in [5, 5.41) is 10.6. The lowest BCUT2D eigenvalue weighted by Gasteiger charge is -2.21. The zero-order chi connectivity index (χ0) is 77.4. The van der Waals surface area contributed by atoms with Crippen molar-refractivity contribution in [1.82, 2.24) is 0 Å². The first-order valence-electron chi connectivity index (χ1n) is 39.7. The van der Waals surface area contributed by atoms with Crippen molar-refractivity contribution in [2.45, 2.75) is 290 Å². The lowest BCUT2D eigenvalue weighted by Crippen LogP contribution is -2.30. The molecule has 0 aromatic heterocycles. The van der Waals surface area contributed by atoms with Crippen LogP contribution in [0.2, 0.25) is 0 Å². The van der Waals surface area contributed by atoms with Crippen LogP contribution in [0.4, 0.5) is 0 Å². The van der Waals surface area contributed by atoms with Gasteiger partial charge in [-0.15, -0.1) is 0 Å². The summed E-state index contributed by atoms with van der Waals surface area (Å²) < 4.78 is 68.5. The molecule has 0 fully saturated rings. The zero-order valence-electron chi connectivity index (χ0n) is 65.3. The maximum atomic E-state index is 13.1. The molecule has 0 bridgehead atoms. The molecule has 0 aliphatic carbocycles. The van der Waals surface area contributed by atoms with Crippen LogP contribution in [-0.4, -0.2) is 96.7 Å². The molecule has 17 nitrogen and oxygen atoms in total. The number of phosphoric ester groups is 2. The highest BCUT2D eigenvalue weighted by atomic mass is 31.2. The van der Waals surface area contributed by atoms with Crippen LogP contribution in [0.15, 0.2) is 194 Å². The van der Waals surface area contributed by atoms with Gasteiger partial charge in [-0.1, -0.05) is 261 Å². The van der Waals surface area contributed by atoms with Crippen LogP contribution in [0.5, 0.6) is 0 Å². The Labute approximate surface area is 640 Å². The monoisotopic (exact) mass is 1520 g/mol. The van der Waals surface area contributed by atoms with E-state index in [1.807, 2.05) is 18.2 Å². The highest BCUT2D eigenvalue weighted by molar-refractivity contribution is 7.47. The van der Waals surface area contributed by atoms with Crippen LogP contribution in [0.1, 0.15) is 272 Å². The van der Waals surface area contributed by atoms with Gasteiger partial charge in [0.05, 0.1) is 26.4 Å². The van der Waals surface area contributed by atoms with Gasteiger partial charge in [0.1, 0.15) is 19.3 Å². The number of hydrogen-bond donors (Lipinski definition) is 3. The van der Waals surface area contributed by atoms with Crippen LogP contribution in [0.3, 0.4) is 0 Å². The van der Waals surface area contributed by atoms with E-state index in [-0.39, 0.29) is 25.7 Å². The molecule has 0 saturated heterocycles. The fraction of sp³-hybridized carbons (Fsp3) is 0.586. The molecular formula is C87H138O17P2. The van der Waals surface area contributed by atoms with Crippen LogP contribution >= 0.6 is 15.6 Å². The van der Waals surface area contributed by atoms with Crippen LogP contribution in [0.25, 0.3) is 0 Å². The van der Waals surface area contributed by atoms with E-state index in [0.717, 1.165) is 161 Å². The number of hydrogen-bond acceptors (Lipinski definition) is 15. The lowest BCUT2D eigenvalue weighted by atomic mass is 10.1. The minimum atomic E-state index is -5.01. The SMILES string of the molecule is CC/C=C\C/C=C\C/C=C\C/C=C\C/C=C\CCCCCC(=O)OCC(COP(=O)(O)OCC(O)COP(=O)(O)OCC(COC(=O)CCC/C=C\C/C=C\C/C=C\C/C=C\C/C=C\CC)OC(=O)CCCC/C=C\C/C=C\C/C=C\C/C=C\CC)OC(=O)CCCCCCC/C=C\C/C=C\CCCCC. The molecule has 0 aliphatic rings. The number of aliphatic hydroxyl groups is 1. The average Bonchev–Trinajstić information content (AvgIpc) is 0.909. The number of rotatable bonds is 72. The second kappa shape index (κ2) is 77.1. The minimum absolute atomic E-state index is 0.0215. The number of ether oxygens (including phenoxy) is 4. The van der Waals surface area contributed by atoms with Crippen molar-refractivity contribution >= 4 is 39.5 Å². The van der Waals surface area contributed by atoms with E-state index in [1.54, 1.807) is 0 Å². The number of carbonyl (C=O) groups is 4. The molecule has 0 amide bonds. The van der Waals surface area contributed by atoms with Crippen molar-refractivity contribution in [1.29, 1.82) is 0 Å². The summed E-state index contributed by atoms with van der Waals surface area (Å²) in [6.07, 6.45) is 94.2. The number of esters is 4. The first kappa shape index (κ1) is 99.9. The third-order valence-corrected chi connectivity index (χ3v) is 17.4. The van der Waals surface area contributed by atoms with Crippen molar-refractivity contribution < 1.29 is 80.2 Å². The highest BCUT2D eigenvalue weighted by Crippen LogP contribution is 2.45. The Bertz CT molecular complexity index is 2780. The number of aliphatic hydroxyl groups excluding tert-OH is 1. The molecule has 106 heavy (non-hydrogen) atoms. The van der Waals surface area contributed by atoms with Gasteiger partial charge in [-0.2, -0.15) is 0 Å². The molecule has 0 heterocycles. The molecule has 0 aromatic carbocycles.